The number of hydrogen-bond donors (Lipinski definition) is 2. The number of carboxylic acid groups (broad SMARTS) is 1. The van der Waals surface area contributed by atoms with E-state index in [4.69, 9.17) is 5.11 Å². The third-order valence-electron chi connectivity index (χ3n) is 3.03. The van der Waals surface area contributed by atoms with Gasteiger partial charge in [-0.1, -0.05) is 0 Å². The normalized spacial score (nSPS) is 33.9. The Morgan fingerprint density at radius 3 is 2.53 bits per heavy atom. The number of fused-ring (bicyclic) bond motifs is 1. The molecule has 17 heavy (non-hydrogen) atoms. The molecule has 94 valence electrons. The maximum absolute atomic E-state index is 11.8. The summed E-state index contributed by atoms with van der Waals surface area (Å²) < 4.78 is -0.542. The van der Waals surface area contributed by atoms with Crippen molar-refractivity contribution >= 4 is 29.5 Å². The van der Waals surface area contributed by atoms with Crippen molar-refractivity contribution in [3.05, 3.63) is 0 Å². The molecule has 2 aliphatic rings. The minimum atomic E-state index is -1.00. The molecule has 3 atom stereocenters. The molecule has 1 unspecified atom stereocenters. The molecular weight excluding hydrogens is 244 g/mol. The van der Waals surface area contributed by atoms with Gasteiger partial charge in [0.25, 0.3) is 0 Å². The predicted octanol–water partition coefficient (Wildman–Crippen LogP) is -0.362. The third kappa shape index (κ3) is 1.69. The Labute approximate surface area is 103 Å². The summed E-state index contributed by atoms with van der Waals surface area (Å²) in [6.45, 7) is 4.94. The van der Waals surface area contributed by atoms with Crippen LogP contribution in [0, 0.1) is 0 Å². The zero-order valence-corrected chi connectivity index (χ0v) is 10.6. The standard InChI is InChI=1S/C10H14N2O4S/c1-4(13)11-5-7(14)12-6(9(15)16)10(2,3)17-8(5)12/h5-6,8H,1-3H3,(H,11,13)(H,15,16)/t5?,6-,8+/m0/s1. The molecule has 0 aromatic rings. The first-order valence-corrected chi connectivity index (χ1v) is 6.13. The number of aliphatic carboxylic acids is 1. The molecule has 0 saturated carbocycles. The van der Waals surface area contributed by atoms with Crippen LogP contribution in [0.3, 0.4) is 0 Å². The molecule has 2 amide bonds. The van der Waals surface area contributed by atoms with Gasteiger partial charge in [0.1, 0.15) is 17.5 Å². The Balaban J connectivity index is 2.21. The highest BCUT2D eigenvalue weighted by molar-refractivity contribution is 8.01. The number of rotatable bonds is 2. The minimum absolute atomic E-state index is 0.262. The molecule has 2 rings (SSSR count). The maximum atomic E-state index is 11.8. The summed E-state index contributed by atoms with van der Waals surface area (Å²) >= 11 is 1.42. The van der Waals surface area contributed by atoms with E-state index in [0.29, 0.717) is 0 Å². The van der Waals surface area contributed by atoms with Gasteiger partial charge in [0.2, 0.25) is 11.8 Å². The topological polar surface area (TPSA) is 86.7 Å². The molecule has 7 heteroatoms. The molecule has 0 aliphatic carbocycles. The fourth-order valence-electron chi connectivity index (χ4n) is 2.36. The van der Waals surface area contributed by atoms with Crippen LogP contribution < -0.4 is 5.32 Å². The van der Waals surface area contributed by atoms with Crippen LogP contribution in [-0.2, 0) is 14.4 Å². The summed E-state index contributed by atoms with van der Waals surface area (Å²) in [7, 11) is 0. The van der Waals surface area contributed by atoms with Crippen LogP contribution in [0.15, 0.2) is 0 Å². The Kier molecular flexibility index (Phi) is 2.61. The van der Waals surface area contributed by atoms with Crippen molar-refractivity contribution in [2.45, 2.75) is 43.0 Å². The fourth-order valence-corrected chi connectivity index (χ4v) is 3.99. The van der Waals surface area contributed by atoms with Crippen molar-refractivity contribution in [2.24, 2.45) is 0 Å². The number of carbonyl (C=O) groups is 3. The second kappa shape index (κ2) is 3.63. The lowest BCUT2D eigenvalue weighted by Gasteiger charge is -2.43. The van der Waals surface area contributed by atoms with Gasteiger partial charge in [0.15, 0.2) is 0 Å². The van der Waals surface area contributed by atoms with Crippen molar-refractivity contribution < 1.29 is 19.5 Å². The van der Waals surface area contributed by atoms with Gasteiger partial charge < -0.3 is 15.3 Å². The molecule has 0 spiro atoms. The monoisotopic (exact) mass is 258 g/mol. The average molecular weight is 258 g/mol. The number of hydrogen-bond acceptors (Lipinski definition) is 4. The van der Waals surface area contributed by atoms with Crippen LogP contribution in [0.5, 0.6) is 0 Å². The molecular formula is C10H14N2O4S. The minimum Gasteiger partial charge on any atom is -0.480 e. The SMILES string of the molecule is CC(=O)NC1C(=O)N2[C@@H]1SC(C)(C)[C@@H]2C(=O)O. The van der Waals surface area contributed by atoms with Crippen molar-refractivity contribution in [3.8, 4) is 0 Å². The van der Waals surface area contributed by atoms with E-state index >= 15 is 0 Å². The first-order chi connectivity index (χ1) is 7.75. The number of carboxylic acids is 1. The van der Waals surface area contributed by atoms with Gasteiger partial charge in [-0.2, -0.15) is 0 Å². The van der Waals surface area contributed by atoms with Gasteiger partial charge in [0.05, 0.1) is 0 Å². The largest absolute Gasteiger partial charge is 0.480 e. The van der Waals surface area contributed by atoms with Crippen LogP contribution in [0.25, 0.3) is 0 Å². The summed E-state index contributed by atoms with van der Waals surface area (Å²) in [5.74, 6) is -1.59. The van der Waals surface area contributed by atoms with Crippen molar-refractivity contribution in [2.75, 3.05) is 0 Å². The van der Waals surface area contributed by atoms with Crippen LogP contribution in [0.2, 0.25) is 0 Å². The quantitative estimate of drug-likeness (QED) is 0.660. The molecule has 2 saturated heterocycles. The van der Waals surface area contributed by atoms with Crippen molar-refractivity contribution in [1.82, 2.24) is 10.2 Å². The Morgan fingerprint density at radius 1 is 1.47 bits per heavy atom. The van der Waals surface area contributed by atoms with Crippen molar-refractivity contribution in [1.29, 1.82) is 0 Å². The molecule has 0 aromatic carbocycles. The number of nitrogens with zero attached hydrogens (tertiary/aromatic N) is 1. The molecule has 0 aromatic heterocycles. The fraction of sp³-hybridized carbons (Fsp3) is 0.700. The second-order valence-corrected chi connectivity index (χ2v) is 6.55. The summed E-state index contributed by atoms with van der Waals surface area (Å²) in [4.78, 5) is 35.3. The van der Waals surface area contributed by atoms with Crippen LogP contribution in [-0.4, -0.2) is 50.0 Å². The first-order valence-electron chi connectivity index (χ1n) is 5.25. The highest BCUT2D eigenvalue weighted by atomic mass is 32.2. The Hall–Kier alpha value is -1.24. The van der Waals surface area contributed by atoms with Gasteiger partial charge in [0, 0.05) is 11.7 Å². The molecule has 0 radical (unpaired) electrons. The lowest BCUT2D eigenvalue weighted by Crippen LogP contribution is -2.70. The van der Waals surface area contributed by atoms with Gasteiger partial charge in [-0.15, -0.1) is 11.8 Å². The predicted molar refractivity (Wildman–Crippen MR) is 61.3 cm³/mol. The van der Waals surface area contributed by atoms with Gasteiger partial charge >= 0.3 is 5.97 Å². The zero-order chi connectivity index (χ0) is 13.0. The number of thioether (sulfide) groups is 1. The number of carbonyl (C=O) groups excluding carboxylic acids is 2. The number of β-lactam (4-membered cyclic amide) rings is 1. The number of nitrogens with one attached hydrogen (secondary N) is 1. The highest BCUT2D eigenvalue weighted by Gasteiger charge is 2.64. The summed E-state index contributed by atoms with van der Waals surface area (Å²) in [6.07, 6.45) is 0. The Morgan fingerprint density at radius 2 is 2.06 bits per heavy atom. The van der Waals surface area contributed by atoms with E-state index < -0.39 is 22.8 Å². The second-order valence-electron chi connectivity index (χ2n) is 4.78. The summed E-state index contributed by atoms with van der Waals surface area (Å²) in [5.41, 5.74) is 0. The van der Waals surface area contributed by atoms with Crippen LogP contribution in [0.4, 0.5) is 0 Å². The van der Waals surface area contributed by atoms with E-state index in [-0.39, 0.29) is 17.2 Å². The van der Waals surface area contributed by atoms with E-state index in [1.165, 1.54) is 23.6 Å². The smallest absolute Gasteiger partial charge is 0.327 e. The average Bonchev–Trinajstić information content (AvgIpc) is 2.43. The molecule has 2 N–H and O–H groups in total. The van der Waals surface area contributed by atoms with Crippen LogP contribution in [0.1, 0.15) is 20.8 Å². The van der Waals surface area contributed by atoms with Crippen LogP contribution >= 0.6 is 11.8 Å². The van der Waals surface area contributed by atoms with Gasteiger partial charge in [-0.3, -0.25) is 9.59 Å². The molecule has 0 bridgehead atoms. The van der Waals surface area contributed by atoms with E-state index in [1.54, 1.807) is 13.8 Å². The zero-order valence-electron chi connectivity index (χ0n) is 9.76. The summed E-state index contributed by atoms with van der Waals surface area (Å²) in [5, 5.41) is 11.5. The molecule has 2 aliphatic heterocycles. The van der Waals surface area contributed by atoms with Crippen molar-refractivity contribution in [3.63, 3.8) is 0 Å². The first kappa shape index (κ1) is 12.2. The van der Waals surface area contributed by atoms with E-state index in [9.17, 15) is 14.4 Å². The van der Waals surface area contributed by atoms with Gasteiger partial charge in [-0.05, 0) is 13.8 Å². The van der Waals surface area contributed by atoms with Gasteiger partial charge in [-0.25, -0.2) is 4.79 Å². The molecule has 6 nitrogen and oxygen atoms in total. The lowest BCUT2D eigenvalue weighted by atomic mass is 9.96. The lowest BCUT2D eigenvalue weighted by molar-refractivity contribution is -0.161. The number of amides is 2. The Bertz CT molecular complexity index is 409. The highest BCUT2D eigenvalue weighted by Crippen LogP contribution is 2.50. The maximum Gasteiger partial charge on any atom is 0.327 e. The molecule has 2 heterocycles. The van der Waals surface area contributed by atoms with E-state index in [1.807, 2.05) is 0 Å². The summed E-state index contributed by atoms with van der Waals surface area (Å²) in [6, 6.07) is -1.41. The van der Waals surface area contributed by atoms with E-state index in [2.05, 4.69) is 5.32 Å². The van der Waals surface area contributed by atoms with E-state index in [0.717, 1.165) is 0 Å². The molecule has 2 fully saturated rings. The third-order valence-corrected chi connectivity index (χ3v) is 4.61.